The summed E-state index contributed by atoms with van der Waals surface area (Å²) in [5.74, 6) is 2.45. The van der Waals surface area contributed by atoms with E-state index in [1.165, 1.54) is 0 Å². The van der Waals surface area contributed by atoms with Crippen molar-refractivity contribution >= 4 is 5.91 Å². The Labute approximate surface area is 153 Å². The summed E-state index contributed by atoms with van der Waals surface area (Å²) in [6, 6.07) is 1.94. The van der Waals surface area contributed by atoms with Gasteiger partial charge in [-0.15, -0.1) is 0 Å². The first-order valence-electron chi connectivity index (χ1n) is 9.37. The fraction of sp³-hybridized carbons (Fsp3) is 0.550. The van der Waals surface area contributed by atoms with Gasteiger partial charge in [0, 0.05) is 29.9 Å². The van der Waals surface area contributed by atoms with Gasteiger partial charge in [0.25, 0.3) is 5.91 Å². The van der Waals surface area contributed by atoms with Crippen molar-refractivity contribution in [1.29, 1.82) is 0 Å². The van der Waals surface area contributed by atoms with E-state index in [0.717, 1.165) is 59.7 Å². The van der Waals surface area contributed by atoms with E-state index in [9.17, 15) is 4.79 Å². The van der Waals surface area contributed by atoms with Gasteiger partial charge in [0.2, 0.25) is 0 Å². The smallest absolute Gasteiger partial charge is 0.257 e. The van der Waals surface area contributed by atoms with Gasteiger partial charge in [-0.3, -0.25) is 4.79 Å². The molecule has 0 N–H and O–H groups in total. The number of fused-ring (bicyclic) bond motifs is 1. The summed E-state index contributed by atoms with van der Waals surface area (Å²) in [5, 5.41) is 0. The maximum atomic E-state index is 13.2. The first-order chi connectivity index (χ1) is 12.5. The molecule has 1 fully saturated rings. The second kappa shape index (κ2) is 6.83. The molecular formula is C20H25N3O3. The van der Waals surface area contributed by atoms with E-state index in [0.29, 0.717) is 25.5 Å². The standard InChI is InChI=1S/C20H25N3O3/c1-12-10-13(2)22-19(21-12)17-11-23(8-9-25-17)20(24)18-14(3)26-16-7-5-4-6-15(16)18/h10,17H,4-9,11H2,1-3H3/t17-/m1/s1. The number of aromatic nitrogens is 2. The predicted octanol–water partition coefficient (Wildman–Crippen LogP) is 3.09. The predicted molar refractivity (Wildman–Crippen MR) is 96.2 cm³/mol. The van der Waals surface area contributed by atoms with Gasteiger partial charge in [0.1, 0.15) is 17.6 Å². The Kier molecular flexibility index (Phi) is 4.53. The van der Waals surface area contributed by atoms with Crippen LogP contribution in [0, 0.1) is 20.8 Å². The van der Waals surface area contributed by atoms with E-state index in [-0.39, 0.29) is 12.0 Å². The summed E-state index contributed by atoms with van der Waals surface area (Å²) >= 11 is 0. The molecular weight excluding hydrogens is 330 g/mol. The van der Waals surface area contributed by atoms with Gasteiger partial charge in [-0.2, -0.15) is 0 Å². The molecule has 26 heavy (non-hydrogen) atoms. The second-order valence-corrected chi connectivity index (χ2v) is 7.26. The molecule has 1 aliphatic heterocycles. The average molecular weight is 355 g/mol. The van der Waals surface area contributed by atoms with Crippen LogP contribution < -0.4 is 0 Å². The number of hydrogen-bond acceptors (Lipinski definition) is 5. The van der Waals surface area contributed by atoms with Gasteiger partial charge in [0.05, 0.1) is 18.7 Å². The number of amides is 1. The zero-order valence-corrected chi connectivity index (χ0v) is 15.7. The zero-order chi connectivity index (χ0) is 18.3. The topological polar surface area (TPSA) is 68.5 Å². The quantitative estimate of drug-likeness (QED) is 0.828. The molecule has 2 aliphatic rings. The Bertz CT molecular complexity index is 823. The lowest BCUT2D eigenvalue weighted by Crippen LogP contribution is -2.43. The van der Waals surface area contributed by atoms with Gasteiger partial charge in [-0.25, -0.2) is 9.97 Å². The Morgan fingerprint density at radius 2 is 1.88 bits per heavy atom. The first-order valence-corrected chi connectivity index (χ1v) is 9.37. The van der Waals surface area contributed by atoms with Crippen molar-refractivity contribution in [3.8, 4) is 0 Å². The Morgan fingerprint density at radius 3 is 2.65 bits per heavy atom. The van der Waals surface area contributed by atoms with Crippen molar-refractivity contribution in [1.82, 2.24) is 14.9 Å². The summed E-state index contributed by atoms with van der Waals surface area (Å²) in [6.45, 7) is 7.35. The number of carbonyl (C=O) groups excluding carboxylic acids is 1. The fourth-order valence-electron chi connectivity index (χ4n) is 4.03. The monoisotopic (exact) mass is 355 g/mol. The highest BCUT2D eigenvalue weighted by Crippen LogP contribution is 2.31. The summed E-state index contributed by atoms with van der Waals surface area (Å²) in [6.07, 6.45) is 3.84. The molecule has 0 spiro atoms. The Morgan fingerprint density at radius 1 is 1.15 bits per heavy atom. The Balaban J connectivity index is 1.58. The number of ether oxygens (including phenoxy) is 1. The second-order valence-electron chi connectivity index (χ2n) is 7.26. The average Bonchev–Trinajstić information content (AvgIpc) is 2.96. The van der Waals surface area contributed by atoms with E-state index in [2.05, 4.69) is 9.97 Å². The highest BCUT2D eigenvalue weighted by Gasteiger charge is 2.32. The largest absolute Gasteiger partial charge is 0.465 e. The SMILES string of the molecule is Cc1cc(C)nc([C@H]2CN(C(=O)c3c(C)oc4c3CCCC4)CCO2)n1. The summed E-state index contributed by atoms with van der Waals surface area (Å²) in [7, 11) is 0. The fourth-order valence-corrected chi connectivity index (χ4v) is 4.03. The van der Waals surface area contributed by atoms with Crippen LogP contribution in [0.2, 0.25) is 0 Å². The molecule has 0 saturated carbocycles. The summed E-state index contributed by atoms with van der Waals surface area (Å²) in [4.78, 5) is 24.1. The van der Waals surface area contributed by atoms with E-state index in [1.807, 2.05) is 31.7 Å². The van der Waals surface area contributed by atoms with Gasteiger partial charge in [-0.05, 0) is 46.1 Å². The maximum absolute atomic E-state index is 13.2. The minimum Gasteiger partial charge on any atom is -0.465 e. The van der Waals surface area contributed by atoms with Crippen LogP contribution in [0.25, 0.3) is 0 Å². The molecule has 1 aliphatic carbocycles. The lowest BCUT2D eigenvalue weighted by atomic mass is 9.94. The van der Waals surface area contributed by atoms with Gasteiger partial charge in [0.15, 0.2) is 5.82 Å². The van der Waals surface area contributed by atoms with Crippen LogP contribution in [0.1, 0.15) is 63.6 Å². The van der Waals surface area contributed by atoms with E-state index in [1.54, 1.807) is 0 Å². The van der Waals surface area contributed by atoms with Crippen LogP contribution in [0.3, 0.4) is 0 Å². The normalized spacial score (nSPS) is 20.1. The lowest BCUT2D eigenvalue weighted by Gasteiger charge is -2.32. The minimum atomic E-state index is -0.283. The third kappa shape index (κ3) is 3.14. The number of rotatable bonds is 2. The van der Waals surface area contributed by atoms with Crippen molar-refractivity contribution in [3.63, 3.8) is 0 Å². The van der Waals surface area contributed by atoms with Gasteiger partial charge >= 0.3 is 0 Å². The van der Waals surface area contributed by atoms with Crippen LogP contribution in [0.5, 0.6) is 0 Å². The van der Waals surface area contributed by atoms with Crippen molar-refractivity contribution in [2.45, 2.75) is 52.6 Å². The summed E-state index contributed by atoms with van der Waals surface area (Å²) < 4.78 is 11.8. The third-order valence-electron chi connectivity index (χ3n) is 5.20. The molecule has 2 aromatic heterocycles. The number of morpholine rings is 1. The van der Waals surface area contributed by atoms with Crippen molar-refractivity contribution in [3.05, 3.63) is 45.9 Å². The van der Waals surface area contributed by atoms with Crippen molar-refractivity contribution in [2.24, 2.45) is 0 Å². The van der Waals surface area contributed by atoms with Crippen LogP contribution in [0.15, 0.2) is 10.5 Å². The number of aryl methyl sites for hydroxylation is 4. The Hall–Kier alpha value is -2.21. The number of hydrogen-bond donors (Lipinski definition) is 0. The van der Waals surface area contributed by atoms with Gasteiger partial charge < -0.3 is 14.1 Å². The van der Waals surface area contributed by atoms with Gasteiger partial charge in [-0.1, -0.05) is 0 Å². The zero-order valence-electron chi connectivity index (χ0n) is 15.7. The molecule has 4 rings (SSSR count). The van der Waals surface area contributed by atoms with Crippen LogP contribution in [-0.2, 0) is 17.6 Å². The van der Waals surface area contributed by atoms with Crippen LogP contribution in [-0.4, -0.2) is 40.5 Å². The molecule has 1 atom stereocenters. The van der Waals surface area contributed by atoms with Crippen LogP contribution in [0.4, 0.5) is 0 Å². The van der Waals surface area contributed by atoms with E-state index in [4.69, 9.17) is 9.15 Å². The molecule has 6 heteroatoms. The highest BCUT2D eigenvalue weighted by molar-refractivity contribution is 5.97. The molecule has 0 aromatic carbocycles. The highest BCUT2D eigenvalue weighted by atomic mass is 16.5. The molecule has 1 saturated heterocycles. The third-order valence-corrected chi connectivity index (χ3v) is 5.20. The molecule has 0 bridgehead atoms. The van der Waals surface area contributed by atoms with Crippen LogP contribution >= 0.6 is 0 Å². The van der Waals surface area contributed by atoms with Crippen molar-refractivity contribution in [2.75, 3.05) is 19.7 Å². The minimum absolute atomic E-state index is 0.0482. The number of nitrogens with zero attached hydrogens (tertiary/aromatic N) is 3. The molecule has 2 aromatic rings. The molecule has 6 nitrogen and oxygen atoms in total. The molecule has 1 amide bonds. The number of carbonyl (C=O) groups is 1. The number of furan rings is 1. The van der Waals surface area contributed by atoms with E-state index >= 15 is 0 Å². The molecule has 3 heterocycles. The maximum Gasteiger partial charge on any atom is 0.257 e. The lowest BCUT2D eigenvalue weighted by molar-refractivity contribution is -0.0270. The molecule has 0 radical (unpaired) electrons. The molecule has 138 valence electrons. The van der Waals surface area contributed by atoms with Crippen molar-refractivity contribution < 1.29 is 13.9 Å². The molecule has 0 unspecified atom stereocenters. The summed E-state index contributed by atoms with van der Waals surface area (Å²) in [5.41, 5.74) is 3.71. The first kappa shape index (κ1) is 17.2. The van der Waals surface area contributed by atoms with E-state index < -0.39 is 0 Å².